The Labute approximate surface area is 186 Å². The second-order valence-corrected chi connectivity index (χ2v) is 7.72. The summed E-state index contributed by atoms with van der Waals surface area (Å²) in [7, 11) is 1.47. The summed E-state index contributed by atoms with van der Waals surface area (Å²) in [5.41, 5.74) is 2.82. The number of aromatic hydroxyl groups is 1. The monoisotopic (exact) mass is 429 g/mol. The number of amides is 1. The highest BCUT2D eigenvalue weighted by Crippen LogP contribution is 2.46. The van der Waals surface area contributed by atoms with Gasteiger partial charge in [-0.15, -0.1) is 0 Å². The average molecular weight is 429 g/mol. The number of methoxy groups -OCH3 is 1. The fraction of sp³-hybridized carbons (Fsp3) is 0.154. The number of benzene rings is 3. The molecule has 0 saturated carbocycles. The number of ether oxygens (including phenoxy) is 1. The number of para-hydroxylation sites is 2. The van der Waals surface area contributed by atoms with Gasteiger partial charge < -0.3 is 14.9 Å². The predicted molar refractivity (Wildman–Crippen MR) is 122 cm³/mol. The standard InChI is InChI=1S/C26H23NO5/c1-15-12-13-21(32-3)18(14-15)24(29)22-23(17-9-5-4-8-16(17)2)27(26(31)25(22)30)19-10-6-7-11-20(19)28/h4-14,23,28-29H,1-3H3/b24-22+. The lowest BCUT2D eigenvalue weighted by Crippen LogP contribution is -2.29. The summed E-state index contributed by atoms with van der Waals surface area (Å²) < 4.78 is 5.39. The molecule has 1 fully saturated rings. The molecule has 0 radical (unpaired) electrons. The van der Waals surface area contributed by atoms with Crippen molar-refractivity contribution in [1.29, 1.82) is 0 Å². The van der Waals surface area contributed by atoms with E-state index in [-0.39, 0.29) is 22.8 Å². The van der Waals surface area contributed by atoms with E-state index in [2.05, 4.69) is 0 Å². The third-order valence-electron chi connectivity index (χ3n) is 5.68. The first kappa shape index (κ1) is 21.2. The zero-order valence-corrected chi connectivity index (χ0v) is 18.0. The van der Waals surface area contributed by atoms with Gasteiger partial charge >= 0.3 is 0 Å². The number of ketones is 1. The first-order valence-corrected chi connectivity index (χ1v) is 10.1. The molecular formula is C26H23NO5. The highest BCUT2D eigenvalue weighted by Gasteiger charge is 2.48. The van der Waals surface area contributed by atoms with Gasteiger partial charge in [0.05, 0.1) is 30.0 Å². The lowest BCUT2D eigenvalue weighted by molar-refractivity contribution is -0.132. The van der Waals surface area contributed by atoms with Crippen molar-refractivity contribution in [2.75, 3.05) is 12.0 Å². The molecule has 1 aliphatic heterocycles. The second kappa shape index (κ2) is 8.23. The number of nitrogens with zero attached hydrogens (tertiary/aromatic N) is 1. The van der Waals surface area contributed by atoms with E-state index in [0.717, 1.165) is 11.1 Å². The van der Waals surface area contributed by atoms with Crippen LogP contribution in [0.15, 0.2) is 72.3 Å². The Morgan fingerprint density at radius 3 is 2.34 bits per heavy atom. The number of carbonyl (C=O) groups is 2. The first-order valence-electron chi connectivity index (χ1n) is 10.1. The number of hydrogen-bond acceptors (Lipinski definition) is 5. The van der Waals surface area contributed by atoms with Crippen LogP contribution in [-0.2, 0) is 9.59 Å². The van der Waals surface area contributed by atoms with E-state index in [0.29, 0.717) is 16.9 Å². The Hall–Kier alpha value is -4.06. The van der Waals surface area contributed by atoms with Crippen molar-refractivity contribution in [2.45, 2.75) is 19.9 Å². The first-order chi connectivity index (χ1) is 15.3. The Morgan fingerprint density at radius 1 is 0.969 bits per heavy atom. The largest absolute Gasteiger partial charge is 0.507 e. The summed E-state index contributed by atoms with van der Waals surface area (Å²) in [6.07, 6.45) is 0. The van der Waals surface area contributed by atoms with Crippen molar-refractivity contribution in [3.63, 3.8) is 0 Å². The Balaban J connectivity index is 2.04. The highest BCUT2D eigenvalue weighted by molar-refractivity contribution is 6.52. The molecule has 0 aromatic heterocycles. The zero-order chi connectivity index (χ0) is 23.0. The predicted octanol–water partition coefficient (Wildman–Crippen LogP) is 4.64. The maximum absolute atomic E-state index is 13.3. The molecule has 6 heteroatoms. The van der Waals surface area contributed by atoms with Gasteiger partial charge in [-0.2, -0.15) is 0 Å². The highest BCUT2D eigenvalue weighted by atomic mass is 16.5. The summed E-state index contributed by atoms with van der Waals surface area (Å²) in [5, 5.41) is 21.8. The molecule has 1 aliphatic rings. The zero-order valence-electron chi connectivity index (χ0n) is 18.0. The van der Waals surface area contributed by atoms with Gasteiger partial charge in [0.2, 0.25) is 0 Å². The molecule has 3 aromatic rings. The van der Waals surface area contributed by atoms with Gasteiger partial charge in [-0.3, -0.25) is 14.5 Å². The fourth-order valence-electron chi connectivity index (χ4n) is 4.09. The van der Waals surface area contributed by atoms with Gasteiger partial charge in [0.25, 0.3) is 11.7 Å². The van der Waals surface area contributed by atoms with Gasteiger partial charge in [0.1, 0.15) is 17.3 Å². The van der Waals surface area contributed by atoms with E-state index in [1.807, 2.05) is 32.0 Å². The van der Waals surface area contributed by atoms with E-state index in [9.17, 15) is 19.8 Å². The van der Waals surface area contributed by atoms with Crippen LogP contribution < -0.4 is 9.64 Å². The maximum Gasteiger partial charge on any atom is 0.300 e. The maximum atomic E-state index is 13.3. The minimum Gasteiger partial charge on any atom is -0.507 e. The molecule has 4 rings (SSSR count). The Bertz CT molecular complexity index is 1260. The molecule has 0 aliphatic carbocycles. The summed E-state index contributed by atoms with van der Waals surface area (Å²) in [6, 6.07) is 18.0. The number of phenolic OH excluding ortho intramolecular Hbond substituents is 1. The van der Waals surface area contributed by atoms with Gasteiger partial charge in [0.15, 0.2) is 0 Å². The number of rotatable bonds is 4. The van der Waals surface area contributed by atoms with Gasteiger partial charge in [-0.25, -0.2) is 0 Å². The van der Waals surface area contributed by atoms with E-state index < -0.39 is 17.7 Å². The lowest BCUT2D eigenvalue weighted by atomic mass is 9.92. The normalized spacial score (nSPS) is 17.6. The van der Waals surface area contributed by atoms with Crippen LogP contribution in [-0.4, -0.2) is 29.0 Å². The van der Waals surface area contributed by atoms with Crippen LogP contribution >= 0.6 is 0 Å². The minimum absolute atomic E-state index is 0.0588. The molecule has 1 amide bonds. The Kier molecular flexibility index (Phi) is 5.45. The van der Waals surface area contributed by atoms with Crippen LogP contribution in [0, 0.1) is 13.8 Å². The van der Waals surface area contributed by atoms with E-state index in [1.165, 1.54) is 18.1 Å². The Morgan fingerprint density at radius 2 is 1.66 bits per heavy atom. The molecule has 0 bridgehead atoms. The van der Waals surface area contributed by atoms with Crippen LogP contribution in [0.5, 0.6) is 11.5 Å². The molecule has 6 nitrogen and oxygen atoms in total. The van der Waals surface area contributed by atoms with Crippen LogP contribution in [0.1, 0.15) is 28.3 Å². The molecular weight excluding hydrogens is 406 g/mol. The fourth-order valence-corrected chi connectivity index (χ4v) is 4.09. The van der Waals surface area contributed by atoms with Gasteiger partial charge in [0, 0.05) is 0 Å². The number of aliphatic hydroxyl groups is 1. The number of carbonyl (C=O) groups excluding carboxylic acids is 2. The van der Waals surface area contributed by atoms with E-state index in [1.54, 1.807) is 42.5 Å². The molecule has 1 saturated heterocycles. The molecule has 3 aromatic carbocycles. The van der Waals surface area contributed by atoms with Gasteiger partial charge in [-0.05, 0) is 49.2 Å². The quantitative estimate of drug-likeness (QED) is 0.358. The summed E-state index contributed by atoms with van der Waals surface area (Å²) >= 11 is 0. The second-order valence-electron chi connectivity index (χ2n) is 7.72. The molecule has 1 unspecified atom stereocenters. The summed E-state index contributed by atoms with van der Waals surface area (Å²) in [5.74, 6) is -1.74. The molecule has 2 N–H and O–H groups in total. The molecule has 0 spiro atoms. The van der Waals surface area contributed by atoms with Crippen molar-refractivity contribution in [2.24, 2.45) is 0 Å². The number of aryl methyl sites for hydroxylation is 2. The van der Waals surface area contributed by atoms with E-state index in [4.69, 9.17) is 4.74 Å². The van der Waals surface area contributed by atoms with Gasteiger partial charge in [-0.1, -0.05) is 48.0 Å². The lowest BCUT2D eigenvalue weighted by Gasteiger charge is -2.27. The number of aliphatic hydroxyl groups excluding tert-OH is 1. The van der Waals surface area contributed by atoms with Crippen molar-refractivity contribution in [3.05, 3.63) is 94.6 Å². The number of phenols is 1. The molecule has 162 valence electrons. The molecule has 1 atom stereocenters. The minimum atomic E-state index is -0.922. The van der Waals surface area contributed by atoms with Crippen LogP contribution in [0.25, 0.3) is 5.76 Å². The topological polar surface area (TPSA) is 87.1 Å². The van der Waals surface area contributed by atoms with Crippen molar-refractivity contribution in [1.82, 2.24) is 0 Å². The van der Waals surface area contributed by atoms with Crippen LogP contribution in [0.2, 0.25) is 0 Å². The van der Waals surface area contributed by atoms with Crippen molar-refractivity contribution in [3.8, 4) is 11.5 Å². The molecule has 1 heterocycles. The van der Waals surface area contributed by atoms with Crippen LogP contribution in [0.3, 0.4) is 0 Å². The number of Topliss-reactive ketones (excluding diaryl/α,β-unsaturated/α-hetero) is 1. The summed E-state index contributed by atoms with van der Waals surface area (Å²) in [6.45, 7) is 3.73. The van der Waals surface area contributed by atoms with Crippen molar-refractivity contribution < 1.29 is 24.5 Å². The third kappa shape index (κ3) is 3.39. The summed E-state index contributed by atoms with van der Waals surface area (Å²) in [4.78, 5) is 27.7. The number of anilines is 1. The molecule has 32 heavy (non-hydrogen) atoms. The number of hydrogen-bond donors (Lipinski definition) is 2. The third-order valence-corrected chi connectivity index (χ3v) is 5.68. The van der Waals surface area contributed by atoms with E-state index >= 15 is 0 Å². The van der Waals surface area contributed by atoms with Crippen molar-refractivity contribution >= 4 is 23.1 Å². The smallest absolute Gasteiger partial charge is 0.300 e. The SMILES string of the molecule is COc1ccc(C)cc1/C(O)=C1\C(=O)C(=O)N(c2ccccc2O)C1c1ccccc1C. The average Bonchev–Trinajstić information content (AvgIpc) is 3.04. The van der Waals surface area contributed by atoms with Crippen LogP contribution in [0.4, 0.5) is 5.69 Å².